The van der Waals surface area contributed by atoms with E-state index in [0.717, 1.165) is 29.9 Å². The van der Waals surface area contributed by atoms with Gasteiger partial charge in [0.1, 0.15) is 11.4 Å². The number of benzene rings is 1. The van der Waals surface area contributed by atoms with E-state index < -0.39 is 35.2 Å². The zero-order valence-electron chi connectivity index (χ0n) is 15.7. The highest BCUT2D eigenvalue weighted by atomic mass is 19.1. The average molecular weight is 390 g/mol. The van der Waals surface area contributed by atoms with Gasteiger partial charge in [-0.1, -0.05) is 12.8 Å². The topological polar surface area (TPSA) is 92.8 Å². The normalized spacial score (nSPS) is 19.0. The van der Waals surface area contributed by atoms with Crippen molar-refractivity contribution < 1.29 is 28.3 Å². The van der Waals surface area contributed by atoms with Crippen molar-refractivity contribution in [3.8, 4) is 0 Å². The Balaban J connectivity index is 1.45. The first-order chi connectivity index (χ1) is 13.3. The molecule has 150 valence electrons. The first kappa shape index (κ1) is 20.0. The van der Waals surface area contributed by atoms with Gasteiger partial charge in [-0.15, -0.1) is 0 Å². The molecular weight excluding hydrogens is 367 g/mol. The number of carbonyl (C=O) groups excluding carboxylic acids is 4. The number of imide groups is 1. The van der Waals surface area contributed by atoms with Gasteiger partial charge in [-0.2, -0.15) is 0 Å². The number of nitrogens with zero attached hydrogens (tertiary/aromatic N) is 1. The van der Waals surface area contributed by atoms with Crippen molar-refractivity contribution in [3.63, 3.8) is 0 Å². The molecule has 1 aliphatic heterocycles. The van der Waals surface area contributed by atoms with Crippen LogP contribution in [0.2, 0.25) is 0 Å². The van der Waals surface area contributed by atoms with Gasteiger partial charge in [-0.3, -0.25) is 19.3 Å². The Hall–Kier alpha value is -2.77. The van der Waals surface area contributed by atoms with Gasteiger partial charge in [-0.25, -0.2) is 9.18 Å². The molecular formula is C20H23FN2O5. The van der Waals surface area contributed by atoms with E-state index in [0.29, 0.717) is 12.8 Å². The van der Waals surface area contributed by atoms with Gasteiger partial charge in [0, 0.05) is 18.5 Å². The Kier molecular flexibility index (Phi) is 5.76. The van der Waals surface area contributed by atoms with Crippen molar-refractivity contribution in [1.29, 1.82) is 0 Å². The minimum absolute atomic E-state index is 0.0227. The third-order valence-corrected chi connectivity index (χ3v) is 5.27. The number of Topliss-reactive ketones (excluding diaryl/α,β-unsaturated/α-hetero) is 1. The highest BCUT2D eigenvalue weighted by molar-refractivity contribution is 6.07. The van der Waals surface area contributed by atoms with E-state index >= 15 is 0 Å². The standard InChI is InChI=1S/C20H23FN2O5/c1-13(17(25)14-6-8-15(21)9-7-14)28-16(24)5-4-12-23-18(26)20(22-19(23)27)10-2-3-11-20/h6-9,13H,2-5,10-12H2,1H3,(H,22,27)/t13-/m1/s1. The number of urea groups is 1. The zero-order valence-corrected chi connectivity index (χ0v) is 15.7. The number of carbonyl (C=O) groups is 4. The van der Waals surface area contributed by atoms with Crippen molar-refractivity contribution in [2.75, 3.05) is 6.54 Å². The van der Waals surface area contributed by atoms with Gasteiger partial charge in [0.15, 0.2) is 6.10 Å². The molecule has 1 aliphatic carbocycles. The molecule has 0 aromatic heterocycles. The number of esters is 1. The number of nitrogens with one attached hydrogen (secondary N) is 1. The molecule has 1 spiro atoms. The lowest BCUT2D eigenvalue weighted by atomic mass is 9.98. The van der Waals surface area contributed by atoms with Gasteiger partial charge >= 0.3 is 12.0 Å². The fourth-order valence-electron chi connectivity index (χ4n) is 3.74. The van der Waals surface area contributed by atoms with Gasteiger partial charge in [-0.05, 0) is 50.5 Å². The fourth-order valence-corrected chi connectivity index (χ4v) is 3.74. The number of hydrogen-bond acceptors (Lipinski definition) is 5. The third-order valence-electron chi connectivity index (χ3n) is 5.27. The lowest BCUT2D eigenvalue weighted by Gasteiger charge is -2.20. The van der Waals surface area contributed by atoms with Crippen LogP contribution in [-0.2, 0) is 14.3 Å². The van der Waals surface area contributed by atoms with E-state index in [9.17, 15) is 23.6 Å². The molecule has 7 nitrogen and oxygen atoms in total. The summed E-state index contributed by atoms with van der Waals surface area (Å²) >= 11 is 0. The summed E-state index contributed by atoms with van der Waals surface area (Å²) in [7, 11) is 0. The van der Waals surface area contributed by atoms with E-state index in [1.54, 1.807) is 0 Å². The molecule has 2 fully saturated rings. The first-order valence-electron chi connectivity index (χ1n) is 9.46. The molecule has 2 aliphatic rings. The Labute approximate surface area is 162 Å². The maximum atomic E-state index is 12.9. The van der Waals surface area contributed by atoms with Crippen LogP contribution in [0.25, 0.3) is 0 Å². The van der Waals surface area contributed by atoms with Crippen LogP contribution in [0.4, 0.5) is 9.18 Å². The maximum Gasteiger partial charge on any atom is 0.325 e. The van der Waals surface area contributed by atoms with Crippen LogP contribution in [0.5, 0.6) is 0 Å². The average Bonchev–Trinajstić information content (AvgIpc) is 3.22. The van der Waals surface area contributed by atoms with Crippen molar-refractivity contribution in [2.45, 2.75) is 57.1 Å². The number of hydrogen-bond donors (Lipinski definition) is 1. The van der Waals surface area contributed by atoms with Crippen LogP contribution in [0.15, 0.2) is 24.3 Å². The van der Waals surface area contributed by atoms with Crippen LogP contribution in [0.3, 0.4) is 0 Å². The van der Waals surface area contributed by atoms with Gasteiger partial charge in [0.25, 0.3) is 5.91 Å². The van der Waals surface area contributed by atoms with Crippen molar-refractivity contribution >= 4 is 23.7 Å². The Morgan fingerprint density at radius 1 is 1.21 bits per heavy atom. The largest absolute Gasteiger partial charge is 0.454 e. The molecule has 1 heterocycles. The lowest BCUT2D eigenvalue weighted by molar-refractivity contribution is -0.146. The number of ether oxygens (including phenoxy) is 1. The van der Waals surface area contributed by atoms with Gasteiger partial charge in [0.2, 0.25) is 5.78 Å². The van der Waals surface area contributed by atoms with Crippen molar-refractivity contribution in [1.82, 2.24) is 10.2 Å². The molecule has 1 aromatic rings. The molecule has 1 aromatic carbocycles. The Morgan fingerprint density at radius 3 is 2.50 bits per heavy atom. The predicted molar refractivity (Wildman–Crippen MR) is 97.0 cm³/mol. The van der Waals surface area contributed by atoms with E-state index in [2.05, 4.69) is 5.32 Å². The fraction of sp³-hybridized carbons (Fsp3) is 0.500. The molecule has 0 bridgehead atoms. The van der Waals surface area contributed by atoms with Crippen LogP contribution in [-0.4, -0.2) is 46.8 Å². The molecule has 3 amide bonds. The summed E-state index contributed by atoms with van der Waals surface area (Å²) in [5, 5.41) is 2.79. The Bertz CT molecular complexity index is 786. The number of amides is 3. The molecule has 0 radical (unpaired) electrons. The van der Waals surface area contributed by atoms with Crippen molar-refractivity contribution in [3.05, 3.63) is 35.6 Å². The highest BCUT2D eigenvalue weighted by Gasteiger charge is 2.52. The number of ketones is 1. The lowest BCUT2D eigenvalue weighted by Crippen LogP contribution is -2.44. The minimum Gasteiger partial charge on any atom is -0.454 e. The number of halogens is 1. The van der Waals surface area contributed by atoms with Crippen LogP contribution >= 0.6 is 0 Å². The quantitative estimate of drug-likeness (QED) is 0.439. The molecule has 1 N–H and O–H groups in total. The summed E-state index contributed by atoms with van der Waals surface area (Å²) in [6, 6.07) is 4.57. The summed E-state index contributed by atoms with van der Waals surface area (Å²) in [5.41, 5.74) is -0.504. The van der Waals surface area contributed by atoms with Gasteiger partial charge in [0.05, 0.1) is 0 Å². The number of rotatable bonds is 7. The smallest absolute Gasteiger partial charge is 0.325 e. The summed E-state index contributed by atoms with van der Waals surface area (Å²) in [6.07, 6.45) is 2.35. The minimum atomic E-state index is -1.00. The zero-order chi connectivity index (χ0) is 20.3. The second-order valence-electron chi connectivity index (χ2n) is 7.28. The second kappa shape index (κ2) is 8.08. The van der Waals surface area contributed by atoms with E-state index in [1.807, 2.05) is 0 Å². The third kappa shape index (κ3) is 4.05. The van der Waals surface area contributed by atoms with Gasteiger partial charge < -0.3 is 10.1 Å². The molecule has 1 atom stereocenters. The summed E-state index contributed by atoms with van der Waals surface area (Å²) < 4.78 is 18.0. The molecule has 28 heavy (non-hydrogen) atoms. The monoisotopic (exact) mass is 390 g/mol. The van der Waals surface area contributed by atoms with Crippen LogP contribution < -0.4 is 5.32 Å². The van der Waals surface area contributed by atoms with E-state index in [-0.39, 0.29) is 30.9 Å². The molecule has 0 unspecified atom stereocenters. The first-order valence-corrected chi connectivity index (χ1v) is 9.46. The maximum absolute atomic E-state index is 12.9. The molecule has 8 heteroatoms. The Morgan fingerprint density at radius 2 is 1.86 bits per heavy atom. The SMILES string of the molecule is C[C@@H](OC(=O)CCCN1C(=O)NC2(CCCC2)C1=O)C(=O)c1ccc(F)cc1. The molecule has 3 rings (SSSR count). The summed E-state index contributed by atoms with van der Waals surface area (Å²) in [4.78, 5) is 49.9. The predicted octanol–water partition coefficient (Wildman–Crippen LogP) is 2.58. The molecule has 1 saturated heterocycles. The van der Waals surface area contributed by atoms with E-state index in [4.69, 9.17) is 4.74 Å². The summed E-state index contributed by atoms with van der Waals surface area (Å²) in [5.74, 6) is -1.69. The second-order valence-corrected chi connectivity index (χ2v) is 7.28. The van der Waals surface area contributed by atoms with Crippen LogP contribution in [0.1, 0.15) is 55.8 Å². The van der Waals surface area contributed by atoms with Crippen molar-refractivity contribution in [2.24, 2.45) is 0 Å². The van der Waals surface area contributed by atoms with E-state index in [1.165, 1.54) is 19.1 Å². The molecule has 1 saturated carbocycles. The highest BCUT2D eigenvalue weighted by Crippen LogP contribution is 2.35. The van der Waals surface area contributed by atoms with Crippen LogP contribution in [0, 0.1) is 5.82 Å². The summed E-state index contributed by atoms with van der Waals surface area (Å²) in [6.45, 7) is 1.58.